The topological polar surface area (TPSA) is 46.3 Å². The Hall–Kier alpha value is -0.570. The van der Waals surface area contributed by atoms with E-state index in [4.69, 9.17) is 5.73 Å². The van der Waals surface area contributed by atoms with E-state index in [-0.39, 0.29) is 12.5 Å². The Labute approximate surface area is 86.6 Å². The van der Waals surface area contributed by atoms with Crippen molar-refractivity contribution in [1.29, 1.82) is 0 Å². The molecule has 2 N–H and O–H groups in total. The van der Waals surface area contributed by atoms with Gasteiger partial charge >= 0.3 is 0 Å². The molecule has 3 heteroatoms. The first kappa shape index (κ1) is 11.5. The summed E-state index contributed by atoms with van der Waals surface area (Å²) in [6.45, 7) is 6.50. The number of nitrogens with zero attached hydrogens (tertiary/aromatic N) is 1. The molecule has 82 valence electrons. The van der Waals surface area contributed by atoms with Gasteiger partial charge < -0.3 is 10.6 Å². The number of nitrogens with two attached hydrogens (primary N) is 1. The Morgan fingerprint density at radius 3 is 2.43 bits per heavy atom. The van der Waals surface area contributed by atoms with Crippen molar-refractivity contribution >= 4 is 5.91 Å². The van der Waals surface area contributed by atoms with Crippen LogP contribution in [-0.4, -0.2) is 30.4 Å². The predicted molar refractivity (Wildman–Crippen MR) is 57.8 cm³/mol. The van der Waals surface area contributed by atoms with Crippen LogP contribution in [0.25, 0.3) is 0 Å². The van der Waals surface area contributed by atoms with Crippen molar-refractivity contribution in [3.05, 3.63) is 0 Å². The first-order valence-corrected chi connectivity index (χ1v) is 5.61. The van der Waals surface area contributed by atoms with Gasteiger partial charge in [0.25, 0.3) is 0 Å². The largest absolute Gasteiger partial charge is 0.342 e. The Balaban J connectivity index is 2.27. The highest BCUT2D eigenvalue weighted by atomic mass is 16.2. The van der Waals surface area contributed by atoms with E-state index in [1.807, 2.05) is 4.90 Å². The SMILES string of the molecule is CC(C)CC1CCN(C(=O)CN)CC1. The molecule has 1 fully saturated rings. The number of likely N-dealkylation sites (tertiary alicyclic amines) is 1. The molecular formula is C11H22N2O. The molecule has 0 spiro atoms. The van der Waals surface area contributed by atoms with Crippen LogP contribution in [0.1, 0.15) is 33.1 Å². The first-order valence-electron chi connectivity index (χ1n) is 5.61. The van der Waals surface area contributed by atoms with Gasteiger partial charge in [-0.2, -0.15) is 0 Å². The van der Waals surface area contributed by atoms with Gasteiger partial charge in [-0.05, 0) is 31.1 Å². The Morgan fingerprint density at radius 2 is 2.00 bits per heavy atom. The van der Waals surface area contributed by atoms with Crippen molar-refractivity contribution in [2.45, 2.75) is 33.1 Å². The van der Waals surface area contributed by atoms with Gasteiger partial charge in [0.05, 0.1) is 6.54 Å². The number of hydrogen-bond donors (Lipinski definition) is 1. The van der Waals surface area contributed by atoms with Gasteiger partial charge in [0.1, 0.15) is 0 Å². The summed E-state index contributed by atoms with van der Waals surface area (Å²) in [6.07, 6.45) is 3.61. The maximum atomic E-state index is 11.3. The smallest absolute Gasteiger partial charge is 0.236 e. The molecule has 1 aliphatic heterocycles. The lowest BCUT2D eigenvalue weighted by molar-refractivity contribution is -0.131. The molecule has 1 amide bonds. The quantitative estimate of drug-likeness (QED) is 0.741. The zero-order chi connectivity index (χ0) is 10.6. The Bertz CT molecular complexity index is 184. The second kappa shape index (κ2) is 5.35. The predicted octanol–water partition coefficient (Wildman–Crippen LogP) is 1.23. The van der Waals surface area contributed by atoms with E-state index in [9.17, 15) is 4.79 Å². The van der Waals surface area contributed by atoms with Crippen LogP contribution in [0.2, 0.25) is 0 Å². The maximum Gasteiger partial charge on any atom is 0.236 e. The van der Waals surface area contributed by atoms with Crippen LogP contribution in [0.15, 0.2) is 0 Å². The summed E-state index contributed by atoms with van der Waals surface area (Å²) in [4.78, 5) is 13.2. The summed E-state index contributed by atoms with van der Waals surface area (Å²) < 4.78 is 0. The lowest BCUT2D eigenvalue weighted by atomic mass is 9.88. The molecule has 1 saturated heterocycles. The molecule has 3 nitrogen and oxygen atoms in total. The maximum absolute atomic E-state index is 11.3. The average molecular weight is 198 g/mol. The van der Waals surface area contributed by atoms with Gasteiger partial charge in [0.15, 0.2) is 0 Å². The normalized spacial score (nSPS) is 19.0. The molecule has 1 aliphatic rings. The fourth-order valence-electron chi connectivity index (χ4n) is 2.21. The number of rotatable bonds is 3. The van der Waals surface area contributed by atoms with Crippen LogP contribution in [0.5, 0.6) is 0 Å². The molecule has 0 aromatic rings. The number of amides is 1. The van der Waals surface area contributed by atoms with Gasteiger partial charge in [0.2, 0.25) is 5.91 Å². The van der Waals surface area contributed by atoms with E-state index in [0.717, 1.165) is 37.8 Å². The third-order valence-electron chi connectivity index (χ3n) is 2.95. The summed E-state index contributed by atoms with van der Waals surface area (Å²) in [5, 5.41) is 0. The van der Waals surface area contributed by atoms with E-state index in [1.54, 1.807) is 0 Å². The van der Waals surface area contributed by atoms with E-state index >= 15 is 0 Å². The molecule has 1 rings (SSSR count). The Kier molecular flexibility index (Phi) is 4.39. The van der Waals surface area contributed by atoms with E-state index in [2.05, 4.69) is 13.8 Å². The van der Waals surface area contributed by atoms with E-state index in [1.165, 1.54) is 6.42 Å². The van der Waals surface area contributed by atoms with Crippen molar-refractivity contribution in [2.24, 2.45) is 17.6 Å². The molecule has 0 radical (unpaired) electrons. The van der Waals surface area contributed by atoms with Gasteiger partial charge in [-0.3, -0.25) is 4.79 Å². The summed E-state index contributed by atoms with van der Waals surface area (Å²) in [7, 11) is 0. The van der Waals surface area contributed by atoms with Crippen LogP contribution >= 0.6 is 0 Å². The van der Waals surface area contributed by atoms with Crippen molar-refractivity contribution in [1.82, 2.24) is 4.90 Å². The number of piperidine rings is 1. The van der Waals surface area contributed by atoms with Crippen LogP contribution in [0.4, 0.5) is 0 Å². The molecule has 0 bridgehead atoms. The summed E-state index contributed by atoms with van der Waals surface area (Å²) >= 11 is 0. The summed E-state index contributed by atoms with van der Waals surface area (Å²) in [6, 6.07) is 0. The highest BCUT2D eigenvalue weighted by Gasteiger charge is 2.22. The van der Waals surface area contributed by atoms with Crippen LogP contribution in [-0.2, 0) is 4.79 Å². The second-order valence-electron chi connectivity index (χ2n) is 4.66. The van der Waals surface area contributed by atoms with Crippen LogP contribution in [0, 0.1) is 11.8 Å². The Morgan fingerprint density at radius 1 is 1.43 bits per heavy atom. The zero-order valence-electron chi connectivity index (χ0n) is 9.33. The lowest BCUT2D eigenvalue weighted by Gasteiger charge is -2.32. The molecule has 0 aromatic carbocycles. The third kappa shape index (κ3) is 3.29. The number of hydrogen-bond acceptors (Lipinski definition) is 2. The second-order valence-corrected chi connectivity index (χ2v) is 4.66. The molecule has 0 atom stereocenters. The first-order chi connectivity index (χ1) is 6.63. The van der Waals surface area contributed by atoms with Crippen molar-refractivity contribution in [3.63, 3.8) is 0 Å². The summed E-state index contributed by atoms with van der Waals surface area (Å²) in [5.41, 5.74) is 5.33. The van der Waals surface area contributed by atoms with Crippen molar-refractivity contribution in [2.75, 3.05) is 19.6 Å². The zero-order valence-corrected chi connectivity index (χ0v) is 9.33. The molecule has 0 unspecified atom stereocenters. The van der Waals surface area contributed by atoms with Gasteiger partial charge in [-0.25, -0.2) is 0 Å². The number of carbonyl (C=O) groups is 1. The summed E-state index contributed by atoms with van der Waals surface area (Å²) in [5.74, 6) is 1.70. The fourth-order valence-corrected chi connectivity index (χ4v) is 2.21. The van der Waals surface area contributed by atoms with Gasteiger partial charge in [0, 0.05) is 13.1 Å². The molecule has 14 heavy (non-hydrogen) atoms. The molecule has 0 saturated carbocycles. The minimum atomic E-state index is 0.105. The highest BCUT2D eigenvalue weighted by molar-refractivity contribution is 5.78. The minimum absolute atomic E-state index is 0.105. The molecule has 0 aliphatic carbocycles. The molecular weight excluding hydrogens is 176 g/mol. The van der Waals surface area contributed by atoms with Crippen molar-refractivity contribution < 1.29 is 4.79 Å². The van der Waals surface area contributed by atoms with Gasteiger partial charge in [-0.15, -0.1) is 0 Å². The van der Waals surface area contributed by atoms with Crippen LogP contribution < -0.4 is 5.73 Å². The fraction of sp³-hybridized carbons (Fsp3) is 0.909. The third-order valence-corrected chi connectivity index (χ3v) is 2.95. The van der Waals surface area contributed by atoms with E-state index < -0.39 is 0 Å². The minimum Gasteiger partial charge on any atom is -0.342 e. The molecule has 0 aromatic heterocycles. The monoisotopic (exact) mass is 198 g/mol. The standard InChI is InChI=1S/C11H22N2O/c1-9(2)7-10-3-5-13(6-4-10)11(14)8-12/h9-10H,3-8,12H2,1-2H3. The average Bonchev–Trinajstić information content (AvgIpc) is 2.17. The van der Waals surface area contributed by atoms with Crippen molar-refractivity contribution in [3.8, 4) is 0 Å². The van der Waals surface area contributed by atoms with Crippen LogP contribution in [0.3, 0.4) is 0 Å². The lowest BCUT2D eigenvalue weighted by Crippen LogP contribution is -2.41. The number of carbonyl (C=O) groups excluding carboxylic acids is 1. The van der Waals surface area contributed by atoms with E-state index in [0.29, 0.717) is 0 Å². The highest BCUT2D eigenvalue weighted by Crippen LogP contribution is 2.23. The molecule has 1 heterocycles. The van der Waals surface area contributed by atoms with Gasteiger partial charge in [-0.1, -0.05) is 13.8 Å².